The first kappa shape index (κ1) is 24.5. The van der Waals surface area contributed by atoms with Crippen molar-refractivity contribution in [2.24, 2.45) is 0 Å². The number of fused-ring (bicyclic) bond motifs is 6. The number of benzene rings is 6. The van der Waals surface area contributed by atoms with E-state index in [0.29, 0.717) is 0 Å². The number of rotatable bonds is 6. The minimum absolute atomic E-state index is 0.256. The molecular weight excluding hydrogens is 512 g/mol. The van der Waals surface area contributed by atoms with Crippen LogP contribution >= 0.6 is 0 Å². The first-order chi connectivity index (χ1) is 20.7. The van der Waals surface area contributed by atoms with Crippen LogP contribution in [0.3, 0.4) is 0 Å². The molecule has 42 heavy (non-hydrogen) atoms. The summed E-state index contributed by atoms with van der Waals surface area (Å²) in [5, 5.41) is 7.30. The van der Waals surface area contributed by atoms with Gasteiger partial charge in [-0.1, -0.05) is 110 Å². The molecule has 0 aliphatic carbocycles. The van der Waals surface area contributed by atoms with Gasteiger partial charge in [-0.3, -0.25) is 0 Å². The molecule has 2 atom stereocenters. The van der Waals surface area contributed by atoms with Crippen molar-refractivity contribution in [3.8, 4) is 5.75 Å². The van der Waals surface area contributed by atoms with Gasteiger partial charge in [-0.2, -0.15) is 0 Å². The molecule has 0 spiro atoms. The summed E-state index contributed by atoms with van der Waals surface area (Å²) in [6.07, 6.45) is 4.00. The van der Waals surface area contributed by atoms with Gasteiger partial charge in [0.05, 0.1) is 0 Å². The Balaban J connectivity index is 1.28. The van der Waals surface area contributed by atoms with Crippen molar-refractivity contribution in [3.05, 3.63) is 162 Å². The van der Waals surface area contributed by atoms with Crippen LogP contribution in [0, 0.1) is 0 Å². The molecule has 0 radical (unpaired) electrons. The Morgan fingerprint density at radius 3 is 1.83 bits per heavy atom. The maximum Gasteiger partial charge on any atom is 0.151 e. The Kier molecular flexibility index (Phi) is 5.82. The van der Waals surface area contributed by atoms with Crippen LogP contribution in [0.2, 0.25) is 0 Å². The van der Waals surface area contributed by atoms with Crippen molar-refractivity contribution in [2.75, 3.05) is 0 Å². The van der Waals surface area contributed by atoms with Crippen LogP contribution in [0.15, 0.2) is 140 Å². The number of aromatic amines is 2. The molecule has 3 heteroatoms. The molecule has 2 heterocycles. The highest BCUT2D eigenvalue weighted by Gasteiger charge is 2.22. The van der Waals surface area contributed by atoms with E-state index in [1.165, 1.54) is 43.4 Å². The molecule has 2 aromatic heterocycles. The molecule has 6 aromatic carbocycles. The molecule has 0 aliphatic rings. The Labute approximate surface area is 244 Å². The van der Waals surface area contributed by atoms with Crippen molar-refractivity contribution in [1.82, 2.24) is 9.97 Å². The summed E-state index contributed by atoms with van der Waals surface area (Å²) >= 11 is 0. The topological polar surface area (TPSA) is 40.8 Å². The minimum atomic E-state index is -0.281. The Bertz CT molecular complexity index is 2190. The predicted octanol–water partition coefficient (Wildman–Crippen LogP) is 10.3. The minimum Gasteiger partial charge on any atom is -0.481 e. The van der Waals surface area contributed by atoms with Gasteiger partial charge in [-0.25, -0.2) is 0 Å². The van der Waals surface area contributed by atoms with Crippen molar-refractivity contribution in [3.63, 3.8) is 0 Å². The van der Waals surface area contributed by atoms with E-state index in [1.54, 1.807) is 0 Å². The van der Waals surface area contributed by atoms with E-state index in [4.69, 9.17) is 4.74 Å². The van der Waals surface area contributed by atoms with E-state index >= 15 is 0 Å². The molecular formula is C39H30N2O. The average Bonchev–Trinajstić information content (AvgIpc) is 3.69. The zero-order valence-electron chi connectivity index (χ0n) is 23.3. The molecule has 2 N–H and O–H groups in total. The average molecular weight is 543 g/mol. The molecule has 0 fully saturated rings. The summed E-state index contributed by atoms with van der Waals surface area (Å²) in [7, 11) is 0. The summed E-state index contributed by atoms with van der Waals surface area (Å²) in [5.41, 5.74) is 7.09. The van der Waals surface area contributed by atoms with Gasteiger partial charge in [-0.05, 0) is 62.5 Å². The second-order valence-electron chi connectivity index (χ2n) is 11.1. The van der Waals surface area contributed by atoms with Crippen LogP contribution < -0.4 is 4.74 Å². The fourth-order valence-electron chi connectivity index (χ4n) is 6.51. The molecule has 0 aliphatic heterocycles. The number of aromatic nitrogens is 2. The number of H-pyrrole nitrogens is 2. The normalized spacial score (nSPS) is 13.2. The summed E-state index contributed by atoms with van der Waals surface area (Å²) < 4.78 is 6.99. The van der Waals surface area contributed by atoms with E-state index < -0.39 is 0 Å². The molecule has 0 bridgehead atoms. The lowest BCUT2D eigenvalue weighted by atomic mass is 9.91. The van der Waals surface area contributed by atoms with Crippen LogP contribution in [0.5, 0.6) is 5.75 Å². The lowest BCUT2D eigenvalue weighted by Gasteiger charge is -2.21. The largest absolute Gasteiger partial charge is 0.481 e. The monoisotopic (exact) mass is 542 g/mol. The van der Waals surface area contributed by atoms with Crippen molar-refractivity contribution in [2.45, 2.75) is 18.9 Å². The SMILES string of the molecule is CC(c1ccccc1)c1c[nH]c2ccc3ccc(OC(c4ccccc4)c4c[nH]c5ccc6ccccc6c45)cc3c12. The highest BCUT2D eigenvalue weighted by Crippen LogP contribution is 2.40. The van der Waals surface area contributed by atoms with Crippen LogP contribution in [0.25, 0.3) is 43.4 Å². The van der Waals surface area contributed by atoms with E-state index in [-0.39, 0.29) is 12.0 Å². The van der Waals surface area contributed by atoms with Gasteiger partial charge in [0.15, 0.2) is 6.10 Å². The highest BCUT2D eigenvalue weighted by molar-refractivity contribution is 6.10. The zero-order valence-corrected chi connectivity index (χ0v) is 23.3. The van der Waals surface area contributed by atoms with Crippen LogP contribution in [0.4, 0.5) is 0 Å². The number of ether oxygens (including phenoxy) is 1. The Morgan fingerprint density at radius 1 is 0.524 bits per heavy atom. The zero-order chi connectivity index (χ0) is 28.0. The van der Waals surface area contributed by atoms with Gasteiger partial charge in [0.25, 0.3) is 0 Å². The van der Waals surface area contributed by atoms with Gasteiger partial charge in [0, 0.05) is 45.7 Å². The summed E-state index contributed by atoms with van der Waals surface area (Å²) in [6, 6.07) is 45.0. The smallest absolute Gasteiger partial charge is 0.151 e. The third-order valence-electron chi connectivity index (χ3n) is 8.67. The van der Waals surface area contributed by atoms with Crippen LogP contribution in [0.1, 0.15) is 41.2 Å². The molecule has 2 unspecified atom stereocenters. The first-order valence-electron chi connectivity index (χ1n) is 14.5. The van der Waals surface area contributed by atoms with Crippen LogP contribution in [-0.2, 0) is 0 Å². The molecule has 8 aromatic rings. The van der Waals surface area contributed by atoms with Crippen molar-refractivity contribution in [1.29, 1.82) is 0 Å². The van der Waals surface area contributed by atoms with Gasteiger partial charge in [0.1, 0.15) is 5.75 Å². The lowest BCUT2D eigenvalue weighted by molar-refractivity contribution is 0.249. The fraction of sp³-hybridized carbons (Fsp3) is 0.0769. The summed E-state index contributed by atoms with van der Waals surface area (Å²) in [4.78, 5) is 7.05. The number of hydrogen-bond donors (Lipinski definition) is 2. The van der Waals surface area contributed by atoms with E-state index in [0.717, 1.165) is 27.9 Å². The molecule has 3 nitrogen and oxygen atoms in total. The van der Waals surface area contributed by atoms with Gasteiger partial charge in [-0.15, -0.1) is 0 Å². The fourth-order valence-corrected chi connectivity index (χ4v) is 6.51. The third-order valence-corrected chi connectivity index (χ3v) is 8.67. The molecule has 0 saturated carbocycles. The first-order valence-corrected chi connectivity index (χ1v) is 14.5. The molecule has 202 valence electrons. The lowest BCUT2D eigenvalue weighted by Crippen LogP contribution is -2.09. The molecule has 0 saturated heterocycles. The summed E-state index contributed by atoms with van der Waals surface area (Å²) in [5.74, 6) is 1.10. The third kappa shape index (κ3) is 4.05. The second-order valence-corrected chi connectivity index (χ2v) is 11.1. The molecule has 8 rings (SSSR count). The van der Waals surface area contributed by atoms with Gasteiger partial charge >= 0.3 is 0 Å². The highest BCUT2D eigenvalue weighted by atomic mass is 16.5. The van der Waals surface area contributed by atoms with E-state index in [2.05, 4.69) is 157 Å². The van der Waals surface area contributed by atoms with E-state index in [1.807, 2.05) is 0 Å². The van der Waals surface area contributed by atoms with Crippen LogP contribution in [-0.4, -0.2) is 9.97 Å². The van der Waals surface area contributed by atoms with E-state index in [9.17, 15) is 0 Å². The van der Waals surface area contributed by atoms with Gasteiger partial charge in [0.2, 0.25) is 0 Å². The Hall–Kier alpha value is -5.28. The van der Waals surface area contributed by atoms with Crippen molar-refractivity contribution >= 4 is 43.4 Å². The van der Waals surface area contributed by atoms with Crippen molar-refractivity contribution < 1.29 is 4.74 Å². The molecule has 0 amide bonds. The quantitative estimate of drug-likeness (QED) is 0.216. The number of hydrogen-bond acceptors (Lipinski definition) is 1. The van der Waals surface area contributed by atoms with Gasteiger partial charge < -0.3 is 14.7 Å². The Morgan fingerprint density at radius 2 is 1.10 bits per heavy atom. The number of nitrogens with one attached hydrogen (secondary N) is 2. The standard InChI is InChI=1S/C39H30N2O/c1-25(26-10-4-2-5-11-26)33-23-40-36-21-18-28-16-19-30(22-32(28)38(33)36)42-39(29-13-6-3-7-14-29)34-24-41-35-20-17-27-12-8-9-15-31(27)37(34)35/h2-25,39-41H,1H3. The maximum absolute atomic E-state index is 6.99. The second kappa shape index (κ2) is 9.97. The predicted molar refractivity (Wildman–Crippen MR) is 174 cm³/mol. The summed E-state index contributed by atoms with van der Waals surface area (Å²) in [6.45, 7) is 2.28. The maximum atomic E-state index is 6.99.